The quantitative estimate of drug-likeness (QED) is 0.314. The van der Waals surface area contributed by atoms with E-state index in [1.165, 1.54) is 24.3 Å². The summed E-state index contributed by atoms with van der Waals surface area (Å²) >= 11 is 0. The summed E-state index contributed by atoms with van der Waals surface area (Å²) in [5, 5.41) is 0. The third-order valence-electron chi connectivity index (χ3n) is 4.50. The molecule has 0 unspecified atom stereocenters. The Morgan fingerprint density at radius 1 is 0.767 bits per heavy atom. The van der Waals surface area contributed by atoms with Gasteiger partial charge in [0.25, 0.3) is 0 Å². The number of rotatable bonds is 8. The summed E-state index contributed by atoms with van der Waals surface area (Å²) in [6.45, 7) is 1.61. The van der Waals surface area contributed by atoms with E-state index in [0.29, 0.717) is 23.3 Å². The van der Waals surface area contributed by atoms with Gasteiger partial charge in [0.05, 0.1) is 5.56 Å². The van der Waals surface area contributed by atoms with Crippen LogP contribution in [-0.4, -0.2) is 24.3 Å². The molecular formula is C25H22O5. The molecule has 0 atom stereocenters. The molecule has 0 aromatic heterocycles. The Hall–Kier alpha value is -3.73. The van der Waals surface area contributed by atoms with Crippen LogP contribution in [0.3, 0.4) is 0 Å². The molecule has 0 aliphatic rings. The molecule has 0 N–H and O–H groups in total. The Balaban J connectivity index is 1.46. The first-order valence-electron chi connectivity index (χ1n) is 9.63. The van der Waals surface area contributed by atoms with E-state index in [9.17, 15) is 14.4 Å². The molecular weight excluding hydrogens is 380 g/mol. The van der Waals surface area contributed by atoms with Crippen molar-refractivity contribution in [3.05, 3.63) is 101 Å². The van der Waals surface area contributed by atoms with E-state index in [4.69, 9.17) is 9.47 Å². The third-order valence-corrected chi connectivity index (χ3v) is 4.50. The number of esters is 2. The van der Waals surface area contributed by atoms with Crippen molar-refractivity contribution in [3.8, 4) is 5.75 Å². The van der Waals surface area contributed by atoms with Gasteiger partial charge in [0, 0.05) is 12.0 Å². The fourth-order valence-electron chi connectivity index (χ4n) is 2.76. The van der Waals surface area contributed by atoms with Gasteiger partial charge in [0.15, 0.2) is 12.4 Å². The number of ketones is 1. The van der Waals surface area contributed by atoms with Gasteiger partial charge in [-0.25, -0.2) is 4.79 Å². The second-order valence-corrected chi connectivity index (χ2v) is 6.85. The Labute approximate surface area is 175 Å². The molecule has 0 heterocycles. The Bertz CT molecular complexity index is 1010. The maximum Gasteiger partial charge on any atom is 0.343 e. The zero-order valence-electron chi connectivity index (χ0n) is 16.7. The number of ether oxygens (including phenoxy) is 2. The molecule has 30 heavy (non-hydrogen) atoms. The average molecular weight is 402 g/mol. The standard InChI is InChI=1S/C25H22O5/c1-18-7-10-21(11-8-18)25(28)30-22-14-12-20(13-15-22)23(26)17-29-24(27)16-9-19-5-3-2-4-6-19/h2-8,10-15H,9,16-17H2,1H3. The zero-order chi connectivity index (χ0) is 21.3. The number of carbonyl (C=O) groups excluding carboxylic acids is 3. The smallest absolute Gasteiger partial charge is 0.343 e. The molecule has 0 aliphatic carbocycles. The van der Waals surface area contributed by atoms with Crippen molar-refractivity contribution in [1.29, 1.82) is 0 Å². The van der Waals surface area contributed by atoms with Crippen LogP contribution in [0.15, 0.2) is 78.9 Å². The van der Waals surface area contributed by atoms with Gasteiger partial charge in [-0.2, -0.15) is 0 Å². The highest BCUT2D eigenvalue weighted by Gasteiger charge is 2.12. The van der Waals surface area contributed by atoms with Crippen LogP contribution in [0.2, 0.25) is 0 Å². The van der Waals surface area contributed by atoms with E-state index >= 15 is 0 Å². The fraction of sp³-hybridized carbons (Fsp3) is 0.160. The van der Waals surface area contributed by atoms with Crippen LogP contribution in [0.5, 0.6) is 5.75 Å². The first kappa shape index (κ1) is 21.0. The molecule has 152 valence electrons. The van der Waals surface area contributed by atoms with Gasteiger partial charge in [-0.05, 0) is 55.3 Å². The number of carbonyl (C=O) groups is 3. The van der Waals surface area contributed by atoms with Crippen LogP contribution < -0.4 is 4.74 Å². The van der Waals surface area contributed by atoms with Crippen LogP contribution in [0.25, 0.3) is 0 Å². The van der Waals surface area contributed by atoms with E-state index in [1.54, 1.807) is 12.1 Å². The van der Waals surface area contributed by atoms with Crippen LogP contribution in [-0.2, 0) is 16.0 Å². The highest BCUT2D eigenvalue weighted by Crippen LogP contribution is 2.15. The monoisotopic (exact) mass is 402 g/mol. The lowest BCUT2D eigenvalue weighted by molar-refractivity contribution is -0.142. The molecule has 0 aliphatic heterocycles. The van der Waals surface area contributed by atoms with Crippen LogP contribution in [0.4, 0.5) is 0 Å². The molecule has 3 aromatic rings. The number of aryl methyl sites for hydroxylation is 2. The maximum atomic E-state index is 12.2. The molecule has 3 aromatic carbocycles. The lowest BCUT2D eigenvalue weighted by Gasteiger charge is -2.07. The van der Waals surface area contributed by atoms with Crippen LogP contribution in [0, 0.1) is 6.92 Å². The van der Waals surface area contributed by atoms with E-state index in [2.05, 4.69) is 0 Å². The molecule has 3 rings (SSSR count). The van der Waals surface area contributed by atoms with E-state index < -0.39 is 11.9 Å². The molecule has 0 saturated heterocycles. The maximum absolute atomic E-state index is 12.2. The molecule has 0 bridgehead atoms. The highest BCUT2D eigenvalue weighted by molar-refractivity contribution is 5.98. The van der Waals surface area contributed by atoms with Gasteiger partial charge in [-0.3, -0.25) is 9.59 Å². The number of benzene rings is 3. The summed E-state index contributed by atoms with van der Waals surface area (Å²) < 4.78 is 10.4. The molecule has 5 nitrogen and oxygen atoms in total. The van der Waals surface area contributed by atoms with Gasteiger partial charge in [0.2, 0.25) is 0 Å². The molecule has 0 fully saturated rings. The van der Waals surface area contributed by atoms with E-state index in [0.717, 1.165) is 11.1 Å². The second-order valence-electron chi connectivity index (χ2n) is 6.85. The highest BCUT2D eigenvalue weighted by atomic mass is 16.5. The van der Waals surface area contributed by atoms with Gasteiger partial charge in [-0.15, -0.1) is 0 Å². The van der Waals surface area contributed by atoms with Gasteiger partial charge < -0.3 is 9.47 Å². The van der Waals surface area contributed by atoms with Crippen molar-refractivity contribution in [3.63, 3.8) is 0 Å². The lowest BCUT2D eigenvalue weighted by atomic mass is 10.1. The normalized spacial score (nSPS) is 10.3. The zero-order valence-corrected chi connectivity index (χ0v) is 16.7. The molecule has 0 radical (unpaired) electrons. The third kappa shape index (κ3) is 6.14. The Morgan fingerprint density at radius 3 is 2.07 bits per heavy atom. The first-order chi connectivity index (χ1) is 14.5. The largest absolute Gasteiger partial charge is 0.457 e. The van der Waals surface area contributed by atoms with Crippen molar-refractivity contribution < 1.29 is 23.9 Å². The van der Waals surface area contributed by atoms with Gasteiger partial charge in [-0.1, -0.05) is 48.0 Å². The lowest BCUT2D eigenvalue weighted by Crippen LogP contribution is -2.14. The summed E-state index contributed by atoms with van der Waals surface area (Å²) in [6, 6.07) is 22.8. The van der Waals surface area contributed by atoms with Crippen molar-refractivity contribution in [2.45, 2.75) is 19.8 Å². The summed E-state index contributed by atoms with van der Waals surface area (Å²) in [5.41, 5.74) is 2.91. The summed E-state index contributed by atoms with van der Waals surface area (Å²) in [7, 11) is 0. The van der Waals surface area contributed by atoms with Crippen LogP contribution in [0.1, 0.15) is 38.3 Å². The minimum Gasteiger partial charge on any atom is -0.457 e. The van der Waals surface area contributed by atoms with E-state index in [-0.39, 0.29) is 18.8 Å². The van der Waals surface area contributed by atoms with Gasteiger partial charge in [0.1, 0.15) is 5.75 Å². The Kier molecular flexibility index (Phi) is 7.11. The van der Waals surface area contributed by atoms with Crippen molar-refractivity contribution >= 4 is 17.7 Å². The number of hydrogen-bond donors (Lipinski definition) is 0. The molecule has 5 heteroatoms. The van der Waals surface area contributed by atoms with Crippen molar-refractivity contribution in [2.75, 3.05) is 6.61 Å². The molecule has 0 spiro atoms. The van der Waals surface area contributed by atoms with Crippen molar-refractivity contribution in [2.24, 2.45) is 0 Å². The first-order valence-corrected chi connectivity index (χ1v) is 9.63. The minimum absolute atomic E-state index is 0.213. The summed E-state index contributed by atoms with van der Waals surface area (Å²) in [5.74, 6) is -0.881. The SMILES string of the molecule is Cc1ccc(C(=O)Oc2ccc(C(=O)COC(=O)CCc3ccccc3)cc2)cc1. The molecule has 0 saturated carbocycles. The molecule has 0 amide bonds. The van der Waals surface area contributed by atoms with Crippen LogP contribution >= 0.6 is 0 Å². The van der Waals surface area contributed by atoms with Gasteiger partial charge >= 0.3 is 11.9 Å². The number of hydrogen-bond acceptors (Lipinski definition) is 5. The van der Waals surface area contributed by atoms with Crippen molar-refractivity contribution in [1.82, 2.24) is 0 Å². The average Bonchev–Trinajstić information content (AvgIpc) is 2.77. The van der Waals surface area contributed by atoms with E-state index in [1.807, 2.05) is 49.4 Å². The minimum atomic E-state index is -0.471. The summed E-state index contributed by atoms with van der Waals surface area (Å²) in [4.78, 5) is 36.2. The Morgan fingerprint density at radius 2 is 1.40 bits per heavy atom. The second kappa shape index (κ2) is 10.2. The topological polar surface area (TPSA) is 69.7 Å². The predicted molar refractivity (Wildman–Crippen MR) is 113 cm³/mol. The fourth-order valence-corrected chi connectivity index (χ4v) is 2.76. The summed E-state index contributed by atoms with van der Waals surface area (Å²) in [6.07, 6.45) is 0.778. The number of Topliss-reactive ketones (excluding diaryl/α,β-unsaturated/α-hetero) is 1. The predicted octanol–water partition coefficient (Wildman–Crippen LogP) is 4.57.